The van der Waals surface area contributed by atoms with Crippen LogP contribution in [0.2, 0.25) is 0 Å². The van der Waals surface area contributed by atoms with E-state index in [4.69, 9.17) is 0 Å². The van der Waals surface area contributed by atoms with Crippen molar-refractivity contribution in [1.82, 2.24) is 4.31 Å². The van der Waals surface area contributed by atoms with E-state index in [-0.39, 0.29) is 11.9 Å². The van der Waals surface area contributed by atoms with Gasteiger partial charge in [-0.15, -0.1) is 0 Å². The van der Waals surface area contributed by atoms with Crippen molar-refractivity contribution in [2.75, 3.05) is 14.2 Å². The van der Waals surface area contributed by atoms with Crippen molar-refractivity contribution in [3.05, 3.63) is 12.8 Å². The van der Waals surface area contributed by atoms with Crippen molar-refractivity contribution >= 4 is 16.0 Å². The monoisotopic (exact) mass is 233 g/mol. The highest BCUT2D eigenvalue weighted by Gasteiger charge is 2.43. The molecule has 0 amide bonds. The minimum absolute atomic E-state index is 0.270. The summed E-state index contributed by atoms with van der Waals surface area (Å²) < 4.78 is 29.0. The summed E-state index contributed by atoms with van der Waals surface area (Å²) in [7, 11) is -0.576. The van der Waals surface area contributed by atoms with Gasteiger partial charge in [0.2, 0.25) is 10.0 Å². The Morgan fingerprint density at radius 2 is 2.07 bits per heavy atom. The van der Waals surface area contributed by atoms with Crippen LogP contribution in [0.4, 0.5) is 0 Å². The Balaban J connectivity index is 2.59. The first kappa shape index (κ1) is 12.0. The van der Waals surface area contributed by atoms with Gasteiger partial charge in [-0.05, 0) is 12.8 Å². The fourth-order valence-corrected chi connectivity index (χ4v) is 3.14. The van der Waals surface area contributed by atoms with Gasteiger partial charge in [0, 0.05) is 13.2 Å². The lowest BCUT2D eigenvalue weighted by Gasteiger charge is -2.34. The Hall–Kier alpha value is -1.04. The molecule has 1 saturated carbocycles. The summed E-state index contributed by atoms with van der Waals surface area (Å²) in [6.45, 7) is 3.39. The third-order valence-electron chi connectivity index (χ3n) is 2.71. The first-order valence-electron chi connectivity index (χ1n) is 4.60. The molecule has 1 fully saturated rings. The van der Waals surface area contributed by atoms with Gasteiger partial charge in [-0.3, -0.25) is 9.10 Å². The molecular formula is C9H15NO4S. The van der Waals surface area contributed by atoms with Crippen LogP contribution in [0.3, 0.4) is 0 Å². The summed E-state index contributed by atoms with van der Waals surface area (Å²) >= 11 is 0. The van der Waals surface area contributed by atoms with Gasteiger partial charge in [0.15, 0.2) is 0 Å². The van der Waals surface area contributed by atoms with Crippen LogP contribution in [0, 0.1) is 5.92 Å². The SMILES string of the molecule is C=CN(C)S(=O)(=O)C1CC(C(=O)OC)C1. The zero-order valence-electron chi connectivity index (χ0n) is 8.84. The Labute approximate surface area is 89.8 Å². The van der Waals surface area contributed by atoms with Crippen LogP contribution in [0.25, 0.3) is 0 Å². The maximum absolute atomic E-state index is 11.7. The zero-order valence-corrected chi connectivity index (χ0v) is 9.66. The molecule has 6 heteroatoms. The Kier molecular flexibility index (Phi) is 3.38. The number of rotatable bonds is 4. The molecule has 0 aromatic carbocycles. The van der Waals surface area contributed by atoms with Gasteiger partial charge in [-0.25, -0.2) is 8.42 Å². The number of methoxy groups -OCH3 is 1. The number of hydrogen-bond acceptors (Lipinski definition) is 4. The molecule has 0 heterocycles. The molecule has 5 nitrogen and oxygen atoms in total. The van der Waals surface area contributed by atoms with Gasteiger partial charge < -0.3 is 4.74 Å². The van der Waals surface area contributed by atoms with Crippen LogP contribution in [-0.2, 0) is 19.6 Å². The number of carbonyl (C=O) groups excluding carboxylic acids is 1. The van der Waals surface area contributed by atoms with Crippen molar-refractivity contribution in [2.24, 2.45) is 5.92 Å². The predicted molar refractivity (Wildman–Crippen MR) is 55.4 cm³/mol. The van der Waals surface area contributed by atoms with E-state index in [9.17, 15) is 13.2 Å². The second-order valence-corrected chi connectivity index (χ2v) is 5.83. The third-order valence-corrected chi connectivity index (χ3v) is 4.89. The van der Waals surface area contributed by atoms with Gasteiger partial charge in [0.1, 0.15) is 0 Å². The zero-order chi connectivity index (χ0) is 11.6. The molecule has 0 radical (unpaired) electrons. The number of sulfonamides is 1. The van der Waals surface area contributed by atoms with Crippen molar-refractivity contribution in [3.8, 4) is 0 Å². The fourth-order valence-electron chi connectivity index (χ4n) is 1.51. The summed E-state index contributed by atoms with van der Waals surface area (Å²) in [5.41, 5.74) is 0. The maximum Gasteiger partial charge on any atom is 0.308 e. The van der Waals surface area contributed by atoms with E-state index in [1.54, 1.807) is 0 Å². The first-order chi connectivity index (χ1) is 6.93. The topological polar surface area (TPSA) is 63.7 Å². The second kappa shape index (κ2) is 4.22. The van der Waals surface area contributed by atoms with Crippen molar-refractivity contribution in [2.45, 2.75) is 18.1 Å². The summed E-state index contributed by atoms with van der Waals surface area (Å²) in [5, 5.41) is -0.482. The Morgan fingerprint density at radius 1 is 1.53 bits per heavy atom. The van der Waals surface area contributed by atoms with E-state index in [1.165, 1.54) is 20.4 Å². The molecule has 1 rings (SSSR count). The van der Waals surface area contributed by atoms with E-state index >= 15 is 0 Å². The van der Waals surface area contributed by atoms with E-state index in [0.717, 1.165) is 4.31 Å². The molecule has 0 saturated heterocycles. The van der Waals surface area contributed by atoms with E-state index in [2.05, 4.69) is 11.3 Å². The van der Waals surface area contributed by atoms with Crippen LogP contribution in [0.5, 0.6) is 0 Å². The van der Waals surface area contributed by atoms with Crippen LogP contribution < -0.4 is 0 Å². The molecule has 0 N–H and O–H groups in total. The Morgan fingerprint density at radius 3 is 2.47 bits per heavy atom. The van der Waals surface area contributed by atoms with E-state index in [0.29, 0.717) is 12.8 Å². The summed E-state index contributed by atoms with van der Waals surface area (Å²) in [6, 6.07) is 0. The van der Waals surface area contributed by atoms with Gasteiger partial charge >= 0.3 is 5.97 Å². The molecule has 0 bridgehead atoms. The molecule has 0 spiro atoms. The van der Waals surface area contributed by atoms with Gasteiger partial charge in [-0.1, -0.05) is 6.58 Å². The summed E-state index contributed by atoms with van der Waals surface area (Å²) in [4.78, 5) is 11.1. The molecule has 0 aromatic rings. The lowest BCUT2D eigenvalue weighted by molar-refractivity contribution is -0.148. The largest absolute Gasteiger partial charge is 0.469 e. The number of ether oxygens (including phenoxy) is 1. The minimum Gasteiger partial charge on any atom is -0.469 e. The second-order valence-electron chi connectivity index (χ2n) is 3.56. The summed E-state index contributed by atoms with van der Waals surface area (Å²) in [6.07, 6.45) is 1.93. The van der Waals surface area contributed by atoms with Crippen molar-refractivity contribution in [1.29, 1.82) is 0 Å². The highest BCUT2D eigenvalue weighted by Crippen LogP contribution is 2.34. The lowest BCUT2D eigenvalue weighted by atomic mass is 9.85. The first-order valence-corrected chi connectivity index (χ1v) is 6.11. The molecule has 0 aromatic heterocycles. The number of nitrogens with zero attached hydrogens (tertiary/aromatic N) is 1. The molecular weight excluding hydrogens is 218 g/mol. The molecule has 15 heavy (non-hydrogen) atoms. The van der Waals surface area contributed by atoms with Crippen molar-refractivity contribution in [3.63, 3.8) is 0 Å². The van der Waals surface area contributed by atoms with Crippen LogP contribution in [0.1, 0.15) is 12.8 Å². The lowest BCUT2D eigenvalue weighted by Crippen LogP contribution is -2.44. The fraction of sp³-hybridized carbons (Fsp3) is 0.667. The normalized spacial score (nSPS) is 25.2. The molecule has 86 valence electrons. The average molecular weight is 233 g/mol. The Bertz CT molecular complexity index is 356. The molecule has 0 aliphatic heterocycles. The average Bonchev–Trinajstić information content (AvgIpc) is 2.13. The van der Waals surface area contributed by atoms with Gasteiger partial charge in [0.25, 0.3) is 0 Å². The third kappa shape index (κ3) is 2.14. The van der Waals surface area contributed by atoms with Gasteiger partial charge in [-0.2, -0.15) is 0 Å². The molecule has 1 aliphatic rings. The van der Waals surface area contributed by atoms with Gasteiger partial charge in [0.05, 0.1) is 18.3 Å². The molecule has 1 aliphatic carbocycles. The maximum atomic E-state index is 11.7. The summed E-state index contributed by atoms with van der Waals surface area (Å²) in [5.74, 6) is -0.601. The highest BCUT2D eigenvalue weighted by atomic mass is 32.2. The van der Waals surface area contributed by atoms with Crippen LogP contribution >= 0.6 is 0 Å². The number of esters is 1. The van der Waals surface area contributed by atoms with E-state index < -0.39 is 15.3 Å². The quantitative estimate of drug-likeness (QED) is 0.657. The minimum atomic E-state index is -3.32. The van der Waals surface area contributed by atoms with Crippen molar-refractivity contribution < 1.29 is 17.9 Å². The smallest absolute Gasteiger partial charge is 0.308 e. The van der Waals surface area contributed by atoms with E-state index in [1.807, 2.05) is 0 Å². The number of carbonyl (C=O) groups is 1. The molecule has 0 unspecified atom stereocenters. The predicted octanol–water partition coefficient (Wildman–Crippen LogP) is 0.343. The standard InChI is InChI=1S/C9H15NO4S/c1-4-10(2)15(12,13)8-5-7(6-8)9(11)14-3/h4,7-8H,1,5-6H2,2-3H3. The highest BCUT2D eigenvalue weighted by molar-refractivity contribution is 7.89. The number of hydrogen-bond donors (Lipinski definition) is 0. The van der Waals surface area contributed by atoms with Crippen LogP contribution in [-0.4, -0.2) is 38.1 Å². The van der Waals surface area contributed by atoms with Crippen LogP contribution in [0.15, 0.2) is 12.8 Å². The molecule has 0 atom stereocenters.